The molecule has 1 aliphatic carbocycles. The first-order valence-corrected chi connectivity index (χ1v) is 13.1. The highest BCUT2D eigenvalue weighted by Gasteiger charge is 2.42. The molecule has 1 aliphatic rings. The molecule has 4 heterocycles. The van der Waals surface area contributed by atoms with Crippen LogP contribution in [0.25, 0.3) is 5.82 Å². The number of aromatic nitrogens is 6. The number of aryl methyl sites for hydroxylation is 2. The molecule has 0 saturated heterocycles. The molecule has 4 N–H and O–H groups in total. The maximum atomic E-state index is 13.2. The molecule has 0 aliphatic heterocycles. The summed E-state index contributed by atoms with van der Waals surface area (Å²) in [5.41, 5.74) is 2.21. The van der Waals surface area contributed by atoms with E-state index in [0.717, 1.165) is 23.0 Å². The molecule has 39 heavy (non-hydrogen) atoms. The van der Waals surface area contributed by atoms with Gasteiger partial charge in [-0.15, -0.1) is 0 Å². The van der Waals surface area contributed by atoms with Gasteiger partial charge in [0.2, 0.25) is 5.91 Å². The van der Waals surface area contributed by atoms with Gasteiger partial charge in [0.05, 0.1) is 24.1 Å². The highest BCUT2D eigenvalue weighted by Crippen LogP contribution is 2.43. The number of H-pyrrole nitrogens is 1. The molecule has 1 saturated carbocycles. The standard InChI is InChI=1S/C28H33FN8O2/c1-16-9-23(33-24(10-16)34-25-11-18(3)35-36-25)28(39)8-7-22(17(2)12-28)27(38)32-19(4)20-5-6-26(30-13-20)37-15-21(29)14-31-37/h5-6,9-11,13-15,17,19,22,39H,7-8,12H2,1-4H3,(H,32,38)(H2,33,34,35,36)/t17-,19+,22+,28-/m1/s1. The Morgan fingerprint density at radius 3 is 2.69 bits per heavy atom. The Hall–Kier alpha value is -4.12. The minimum Gasteiger partial charge on any atom is -0.384 e. The lowest BCUT2D eigenvalue weighted by Gasteiger charge is -2.39. The van der Waals surface area contributed by atoms with Gasteiger partial charge in [-0.25, -0.2) is 19.0 Å². The second-order valence-electron chi connectivity index (χ2n) is 10.6. The first-order valence-electron chi connectivity index (χ1n) is 13.1. The summed E-state index contributed by atoms with van der Waals surface area (Å²) in [5, 5.41) is 28.9. The highest BCUT2D eigenvalue weighted by molar-refractivity contribution is 5.79. The molecule has 1 amide bonds. The van der Waals surface area contributed by atoms with Crippen LogP contribution in [0, 0.1) is 31.5 Å². The minimum absolute atomic E-state index is 0.0521. The van der Waals surface area contributed by atoms with Crippen molar-refractivity contribution in [1.29, 1.82) is 0 Å². The SMILES string of the molecule is Cc1cc(Nc2cc(C)[nH]n2)nc([C@@]2(O)CC[C@H](C(=O)N[C@@H](C)c3ccc(-n4cc(F)cn4)nc3)[C@H](C)C2)c1. The van der Waals surface area contributed by atoms with Crippen LogP contribution in [-0.2, 0) is 10.4 Å². The van der Waals surface area contributed by atoms with Gasteiger partial charge in [-0.3, -0.25) is 9.89 Å². The monoisotopic (exact) mass is 532 g/mol. The zero-order valence-electron chi connectivity index (χ0n) is 22.4. The van der Waals surface area contributed by atoms with Crippen LogP contribution < -0.4 is 10.6 Å². The van der Waals surface area contributed by atoms with Gasteiger partial charge < -0.3 is 15.7 Å². The Labute approximate surface area is 226 Å². The molecule has 0 spiro atoms. The van der Waals surface area contributed by atoms with Gasteiger partial charge in [-0.1, -0.05) is 13.0 Å². The van der Waals surface area contributed by atoms with Gasteiger partial charge >= 0.3 is 0 Å². The van der Waals surface area contributed by atoms with Crippen LogP contribution in [0.3, 0.4) is 0 Å². The molecule has 4 aromatic heterocycles. The maximum absolute atomic E-state index is 13.2. The lowest BCUT2D eigenvalue weighted by Crippen LogP contribution is -2.43. The summed E-state index contributed by atoms with van der Waals surface area (Å²) in [4.78, 5) is 22.3. The normalized spacial score (nSPS) is 21.9. The fourth-order valence-electron chi connectivity index (χ4n) is 5.28. The van der Waals surface area contributed by atoms with Crippen LogP contribution in [0.1, 0.15) is 61.7 Å². The predicted molar refractivity (Wildman–Crippen MR) is 144 cm³/mol. The summed E-state index contributed by atoms with van der Waals surface area (Å²) in [6.45, 7) is 7.79. The number of anilines is 2. The third-order valence-electron chi connectivity index (χ3n) is 7.38. The lowest BCUT2D eigenvalue weighted by molar-refractivity contribution is -0.132. The highest BCUT2D eigenvalue weighted by atomic mass is 19.1. The van der Waals surface area contributed by atoms with E-state index in [1.807, 2.05) is 52.0 Å². The van der Waals surface area contributed by atoms with Gasteiger partial charge in [0.1, 0.15) is 11.4 Å². The van der Waals surface area contributed by atoms with Crippen molar-refractivity contribution in [2.45, 2.75) is 58.6 Å². The Kier molecular flexibility index (Phi) is 7.17. The number of halogens is 1. The molecule has 4 aromatic rings. The molecule has 204 valence electrons. The molecule has 1 fully saturated rings. The van der Waals surface area contributed by atoms with Crippen molar-refractivity contribution >= 4 is 17.5 Å². The Morgan fingerprint density at radius 2 is 2.05 bits per heavy atom. The van der Waals surface area contributed by atoms with Gasteiger partial charge in [0.15, 0.2) is 17.5 Å². The van der Waals surface area contributed by atoms with E-state index in [1.165, 1.54) is 10.9 Å². The number of rotatable bonds is 7. The van der Waals surface area contributed by atoms with Gasteiger partial charge in [0.25, 0.3) is 0 Å². The summed E-state index contributed by atoms with van der Waals surface area (Å²) < 4.78 is 14.6. The van der Waals surface area contributed by atoms with Gasteiger partial charge in [-0.2, -0.15) is 10.2 Å². The maximum Gasteiger partial charge on any atom is 0.223 e. The number of carbonyl (C=O) groups is 1. The van der Waals surface area contributed by atoms with E-state index in [4.69, 9.17) is 4.98 Å². The number of aromatic amines is 1. The lowest BCUT2D eigenvalue weighted by atomic mass is 9.70. The van der Waals surface area contributed by atoms with E-state index in [-0.39, 0.29) is 23.8 Å². The van der Waals surface area contributed by atoms with Crippen LogP contribution in [0.5, 0.6) is 0 Å². The first-order chi connectivity index (χ1) is 18.6. The molecule has 0 aromatic carbocycles. The Bertz CT molecular complexity index is 1470. The third kappa shape index (κ3) is 5.83. The number of amides is 1. The van der Waals surface area contributed by atoms with E-state index in [1.54, 1.807) is 12.3 Å². The predicted octanol–water partition coefficient (Wildman–Crippen LogP) is 4.39. The summed E-state index contributed by atoms with van der Waals surface area (Å²) in [5.74, 6) is 0.984. The number of nitrogens with zero attached hydrogens (tertiary/aromatic N) is 5. The van der Waals surface area contributed by atoms with E-state index in [9.17, 15) is 14.3 Å². The Balaban J connectivity index is 1.23. The summed E-state index contributed by atoms with van der Waals surface area (Å²) >= 11 is 0. The summed E-state index contributed by atoms with van der Waals surface area (Å²) in [6, 6.07) is 9.02. The Morgan fingerprint density at radius 1 is 1.23 bits per heavy atom. The van der Waals surface area contributed by atoms with Crippen LogP contribution >= 0.6 is 0 Å². The second-order valence-corrected chi connectivity index (χ2v) is 10.6. The topological polar surface area (TPSA) is 134 Å². The molecule has 0 bridgehead atoms. The van der Waals surface area contributed by atoms with Gasteiger partial charge in [-0.05, 0) is 75.3 Å². The average molecular weight is 533 g/mol. The van der Waals surface area contributed by atoms with E-state index >= 15 is 0 Å². The van der Waals surface area contributed by atoms with Crippen molar-refractivity contribution in [3.63, 3.8) is 0 Å². The quantitative estimate of drug-likeness (QED) is 0.277. The van der Waals surface area contributed by atoms with E-state index in [2.05, 4.69) is 30.9 Å². The fourth-order valence-corrected chi connectivity index (χ4v) is 5.28. The minimum atomic E-state index is -1.13. The van der Waals surface area contributed by atoms with Crippen LogP contribution in [-0.4, -0.2) is 41.0 Å². The molecule has 11 heteroatoms. The number of hydrogen-bond acceptors (Lipinski definition) is 7. The number of pyridine rings is 2. The van der Waals surface area contributed by atoms with Crippen LogP contribution in [0.2, 0.25) is 0 Å². The van der Waals surface area contributed by atoms with E-state index < -0.39 is 11.4 Å². The molecular formula is C28H33FN8O2. The van der Waals surface area contributed by atoms with E-state index in [0.29, 0.717) is 42.4 Å². The van der Waals surface area contributed by atoms with Crippen molar-refractivity contribution < 1.29 is 14.3 Å². The molecule has 0 unspecified atom stereocenters. The van der Waals surface area contributed by atoms with Crippen molar-refractivity contribution in [3.8, 4) is 5.82 Å². The van der Waals surface area contributed by atoms with Crippen molar-refractivity contribution in [1.82, 2.24) is 35.3 Å². The number of carbonyl (C=O) groups excluding carboxylic acids is 1. The van der Waals surface area contributed by atoms with Crippen LogP contribution in [0.4, 0.5) is 16.0 Å². The smallest absolute Gasteiger partial charge is 0.223 e. The van der Waals surface area contributed by atoms with Crippen molar-refractivity contribution in [2.24, 2.45) is 11.8 Å². The first kappa shape index (κ1) is 26.5. The molecule has 0 radical (unpaired) electrons. The summed E-state index contributed by atoms with van der Waals surface area (Å²) in [6.07, 6.45) is 5.42. The largest absolute Gasteiger partial charge is 0.384 e. The molecule has 5 rings (SSSR count). The van der Waals surface area contributed by atoms with Crippen molar-refractivity contribution in [2.75, 3.05) is 5.32 Å². The average Bonchev–Trinajstić information content (AvgIpc) is 3.51. The molecule has 4 atom stereocenters. The van der Waals surface area contributed by atoms with Crippen LogP contribution in [0.15, 0.2) is 48.9 Å². The fraction of sp³-hybridized carbons (Fsp3) is 0.393. The summed E-state index contributed by atoms with van der Waals surface area (Å²) in [7, 11) is 0. The number of aliphatic hydroxyl groups is 1. The second kappa shape index (κ2) is 10.6. The van der Waals surface area contributed by atoms with Gasteiger partial charge in [0, 0.05) is 23.9 Å². The molecule has 10 nitrogen and oxygen atoms in total. The zero-order chi connectivity index (χ0) is 27.7. The van der Waals surface area contributed by atoms with Crippen molar-refractivity contribution in [3.05, 3.63) is 77.3 Å². The number of nitrogens with one attached hydrogen (secondary N) is 3. The molecular weight excluding hydrogens is 499 g/mol. The number of hydrogen-bond donors (Lipinski definition) is 4. The zero-order valence-corrected chi connectivity index (χ0v) is 22.4. The third-order valence-corrected chi connectivity index (χ3v) is 7.38.